The molecule has 4 nitrogen and oxygen atoms in total. The molecule has 1 aromatic carbocycles. The molecule has 0 aliphatic heterocycles. The predicted octanol–water partition coefficient (Wildman–Crippen LogP) is 2.69. The molecule has 2 rings (SSSR count). The van der Waals surface area contributed by atoms with Gasteiger partial charge >= 0.3 is 5.97 Å². The van der Waals surface area contributed by atoms with Crippen molar-refractivity contribution in [2.45, 2.75) is 6.04 Å². The minimum absolute atomic E-state index is 0.217. The van der Waals surface area contributed by atoms with Crippen molar-refractivity contribution in [2.75, 3.05) is 12.4 Å². The van der Waals surface area contributed by atoms with E-state index in [1.807, 2.05) is 0 Å². The van der Waals surface area contributed by atoms with Gasteiger partial charge in [0.05, 0.1) is 13.3 Å². The fraction of sp³-hybridized carbons (Fsp3) is 0.143. The molecule has 1 atom stereocenters. The van der Waals surface area contributed by atoms with Crippen LogP contribution in [0.2, 0.25) is 0 Å². The molecule has 0 saturated carbocycles. The average Bonchev–Trinajstić information content (AvgIpc) is 2.46. The van der Waals surface area contributed by atoms with Crippen molar-refractivity contribution >= 4 is 11.8 Å². The highest BCUT2D eigenvalue weighted by Gasteiger charge is 2.22. The number of aromatic nitrogens is 1. The Morgan fingerprint density at radius 3 is 2.60 bits per heavy atom. The van der Waals surface area contributed by atoms with Crippen LogP contribution < -0.4 is 5.32 Å². The van der Waals surface area contributed by atoms with Crippen molar-refractivity contribution in [3.63, 3.8) is 0 Å². The lowest BCUT2D eigenvalue weighted by Crippen LogP contribution is -2.23. The van der Waals surface area contributed by atoms with Gasteiger partial charge in [0, 0.05) is 6.07 Å². The Kier molecular flexibility index (Phi) is 4.24. The number of esters is 1. The monoisotopic (exact) mass is 278 g/mol. The number of hydrogen-bond acceptors (Lipinski definition) is 4. The molecule has 0 bridgehead atoms. The van der Waals surface area contributed by atoms with Crippen LogP contribution in [0.25, 0.3) is 0 Å². The number of hydrogen-bond donors (Lipinski definition) is 1. The summed E-state index contributed by atoms with van der Waals surface area (Å²) >= 11 is 0. The highest BCUT2D eigenvalue weighted by molar-refractivity contribution is 5.80. The molecular weight excluding hydrogens is 266 g/mol. The number of anilines is 1. The van der Waals surface area contributed by atoms with E-state index in [-0.39, 0.29) is 5.82 Å². The van der Waals surface area contributed by atoms with Crippen LogP contribution in [0.1, 0.15) is 11.6 Å². The van der Waals surface area contributed by atoms with Gasteiger partial charge in [-0.25, -0.2) is 18.6 Å². The molecule has 0 amide bonds. The lowest BCUT2D eigenvalue weighted by atomic mass is 10.1. The lowest BCUT2D eigenvalue weighted by molar-refractivity contribution is -0.141. The Labute approximate surface area is 114 Å². The summed E-state index contributed by atoms with van der Waals surface area (Å²) < 4.78 is 31.1. The van der Waals surface area contributed by atoms with Gasteiger partial charge in [0.2, 0.25) is 0 Å². The largest absolute Gasteiger partial charge is 0.467 e. The number of nitrogens with one attached hydrogen (secondary N) is 1. The third kappa shape index (κ3) is 3.09. The first-order valence-electron chi connectivity index (χ1n) is 5.82. The van der Waals surface area contributed by atoms with Gasteiger partial charge in [0.15, 0.2) is 17.7 Å². The minimum atomic E-state index is -0.923. The number of carbonyl (C=O) groups excluding carboxylic acids is 1. The van der Waals surface area contributed by atoms with Crippen molar-refractivity contribution in [1.82, 2.24) is 4.98 Å². The van der Waals surface area contributed by atoms with Crippen molar-refractivity contribution < 1.29 is 18.3 Å². The second-order valence-corrected chi connectivity index (χ2v) is 4.00. The highest BCUT2D eigenvalue weighted by Crippen LogP contribution is 2.21. The standard InChI is InChI=1S/C14H12F2N2O2/c1-20-14(19)12(9-5-3-2-4-6-9)18-13-11(16)7-10(15)8-17-13/h2-8,12H,1H3,(H,17,18). The van der Waals surface area contributed by atoms with Crippen molar-refractivity contribution in [1.29, 1.82) is 0 Å². The van der Waals surface area contributed by atoms with Crippen LogP contribution >= 0.6 is 0 Å². The fourth-order valence-corrected chi connectivity index (χ4v) is 1.70. The Morgan fingerprint density at radius 1 is 1.30 bits per heavy atom. The molecule has 0 spiro atoms. The zero-order valence-corrected chi connectivity index (χ0v) is 10.6. The molecule has 6 heteroatoms. The fourth-order valence-electron chi connectivity index (χ4n) is 1.70. The summed E-state index contributed by atoms with van der Waals surface area (Å²) in [6.07, 6.45) is 0.866. The third-order valence-electron chi connectivity index (χ3n) is 2.66. The van der Waals surface area contributed by atoms with Gasteiger partial charge in [0.1, 0.15) is 5.82 Å². The van der Waals surface area contributed by atoms with Crippen molar-refractivity contribution in [3.8, 4) is 0 Å². The third-order valence-corrected chi connectivity index (χ3v) is 2.66. The van der Waals surface area contributed by atoms with E-state index in [1.54, 1.807) is 30.3 Å². The molecule has 1 unspecified atom stereocenters. The molecule has 1 N–H and O–H groups in total. The number of pyridine rings is 1. The van der Waals surface area contributed by atoms with Crippen LogP contribution in [0, 0.1) is 11.6 Å². The Bertz CT molecular complexity index is 605. The number of halogens is 2. The highest BCUT2D eigenvalue weighted by atomic mass is 19.1. The van der Waals surface area contributed by atoms with Crippen LogP contribution in [0.3, 0.4) is 0 Å². The summed E-state index contributed by atoms with van der Waals surface area (Å²) in [5.74, 6) is -2.48. The van der Waals surface area contributed by atoms with Crippen LogP contribution in [0.5, 0.6) is 0 Å². The summed E-state index contributed by atoms with van der Waals surface area (Å²) in [4.78, 5) is 15.4. The van der Waals surface area contributed by atoms with Gasteiger partial charge in [-0.2, -0.15) is 0 Å². The maximum atomic E-state index is 13.6. The van der Waals surface area contributed by atoms with E-state index in [4.69, 9.17) is 0 Å². The molecule has 0 saturated heterocycles. The number of benzene rings is 1. The van der Waals surface area contributed by atoms with E-state index >= 15 is 0 Å². The maximum Gasteiger partial charge on any atom is 0.333 e. The summed E-state index contributed by atoms with van der Waals surface area (Å²) in [6.45, 7) is 0. The van der Waals surface area contributed by atoms with Gasteiger partial charge in [-0.3, -0.25) is 0 Å². The first kappa shape index (κ1) is 13.9. The summed E-state index contributed by atoms with van der Waals surface area (Å²) in [6, 6.07) is 8.41. The van der Waals surface area contributed by atoms with Gasteiger partial charge in [-0.05, 0) is 5.56 Å². The molecule has 0 radical (unpaired) electrons. The van der Waals surface area contributed by atoms with E-state index < -0.39 is 23.6 Å². The molecule has 2 aromatic rings. The van der Waals surface area contributed by atoms with Crippen LogP contribution in [0.4, 0.5) is 14.6 Å². The average molecular weight is 278 g/mol. The zero-order valence-electron chi connectivity index (χ0n) is 10.6. The van der Waals surface area contributed by atoms with E-state index in [0.717, 1.165) is 6.20 Å². The smallest absolute Gasteiger partial charge is 0.333 e. The quantitative estimate of drug-likeness (QED) is 0.874. The first-order chi connectivity index (χ1) is 9.61. The number of rotatable bonds is 4. The predicted molar refractivity (Wildman–Crippen MR) is 69.0 cm³/mol. The van der Waals surface area contributed by atoms with Crippen LogP contribution in [-0.4, -0.2) is 18.1 Å². The van der Waals surface area contributed by atoms with Crippen LogP contribution in [-0.2, 0) is 9.53 Å². The van der Waals surface area contributed by atoms with Crippen molar-refractivity contribution in [2.24, 2.45) is 0 Å². The Balaban J connectivity index is 2.31. The van der Waals surface area contributed by atoms with Gasteiger partial charge in [0.25, 0.3) is 0 Å². The normalized spacial score (nSPS) is 11.8. The Hall–Kier alpha value is -2.50. The molecule has 0 aliphatic rings. The van der Waals surface area contributed by atoms with Gasteiger partial charge in [-0.15, -0.1) is 0 Å². The zero-order chi connectivity index (χ0) is 14.5. The number of carbonyl (C=O) groups is 1. The van der Waals surface area contributed by atoms with Crippen molar-refractivity contribution in [3.05, 3.63) is 59.8 Å². The van der Waals surface area contributed by atoms with E-state index in [9.17, 15) is 13.6 Å². The molecular formula is C14H12F2N2O2. The SMILES string of the molecule is COC(=O)C(Nc1ncc(F)cc1F)c1ccccc1. The summed E-state index contributed by atoms with van der Waals surface area (Å²) in [7, 11) is 1.23. The minimum Gasteiger partial charge on any atom is -0.467 e. The molecule has 1 heterocycles. The Morgan fingerprint density at radius 2 is 2.00 bits per heavy atom. The van der Waals surface area contributed by atoms with Gasteiger partial charge in [-0.1, -0.05) is 30.3 Å². The number of ether oxygens (including phenoxy) is 1. The number of methoxy groups -OCH3 is 1. The van der Waals surface area contributed by atoms with Crippen LogP contribution in [0.15, 0.2) is 42.6 Å². The second-order valence-electron chi connectivity index (χ2n) is 4.00. The second kappa shape index (κ2) is 6.10. The molecule has 20 heavy (non-hydrogen) atoms. The topological polar surface area (TPSA) is 51.2 Å². The summed E-state index contributed by atoms with van der Waals surface area (Å²) in [5, 5.41) is 2.61. The van der Waals surface area contributed by atoms with Gasteiger partial charge < -0.3 is 10.1 Å². The number of nitrogens with zero attached hydrogens (tertiary/aromatic N) is 1. The molecule has 1 aromatic heterocycles. The van der Waals surface area contributed by atoms with E-state index in [2.05, 4.69) is 15.0 Å². The molecule has 0 aliphatic carbocycles. The van der Waals surface area contributed by atoms with E-state index in [0.29, 0.717) is 11.6 Å². The summed E-state index contributed by atoms with van der Waals surface area (Å²) in [5.41, 5.74) is 0.588. The lowest BCUT2D eigenvalue weighted by Gasteiger charge is -2.17. The molecule has 104 valence electrons. The molecule has 0 fully saturated rings. The van der Waals surface area contributed by atoms with E-state index in [1.165, 1.54) is 7.11 Å². The maximum absolute atomic E-state index is 13.6. The first-order valence-corrected chi connectivity index (χ1v) is 5.82.